The summed E-state index contributed by atoms with van der Waals surface area (Å²) in [5, 5.41) is 32.6. The van der Waals surface area contributed by atoms with E-state index in [-0.39, 0.29) is 17.0 Å². The molecule has 1 aliphatic rings. The molecule has 0 radical (unpaired) electrons. The lowest BCUT2D eigenvalue weighted by Crippen LogP contribution is -2.34. The zero-order valence-electron chi connectivity index (χ0n) is 13.8. The van der Waals surface area contributed by atoms with E-state index in [1.54, 1.807) is 12.3 Å². The molecule has 0 aliphatic carbocycles. The Hall–Kier alpha value is -3.07. The number of benzene rings is 1. The molecule has 1 aliphatic heterocycles. The van der Waals surface area contributed by atoms with Crippen LogP contribution in [0.1, 0.15) is 25.3 Å². The molecule has 0 saturated carbocycles. The molecule has 0 spiro atoms. The van der Waals surface area contributed by atoms with E-state index in [0.717, 1.165) is 0 Å². The van der Waals surface area contributed by atoms with Crippen molar-refractivity contribution in [3.05, 3.63) is 50.5 Å². The van der Waals surface area contributed by atoms with E-state index in [1.165, 1.54) is 36.5 Å². The first-order valence-corrected chi connectivity index (χ1v) is 8.48. The summed E-state index contributed by atoms with van der Waals surface area (Å²) in [5.41, 5.74) is 0.969. The molecule has 1 aromatic carbocycles. The Kier molecular flexibility index (Phi) is 4.33. The zero-order chi connectivity index (χ0) is 19.2. The van der Waals surface area contributed by atoms with Crippen LogP contribution < -0.4 is 0 Å². The smallest absolute Gasteiger partial charge is 0.334 e. The molecule has 1 aromatic heterocycles. The number of nitro groups is 1. The van der Waals surface area contributed by atoms with Crippen LogP contribution in [0.4, 0.5) is 5.69 Å². The fraction of sp³-hybridized carbons (Fsp3) is 0.235. The molecule has 2 unspecified atom stereocenters. The van der Waals surface area contributed by atoms with Crippen LogP contribution in [-0.2, 0) is 9.59 Å². The van der Waals surface area contributed by atoms with Gasteiger partial charge in [0.15, 0.2) is 0 Å². The van der Waals surface area contributed by atoms with E-state index < -0.39 is 28.7 Å². The van der Waals surface area contributed by atoms with Gasteiger partial charge in [-0.25, -0.2) is 4.79 Å². The van der Waals surface area contributed by atoms with Crippen LogP contribution >= 0.6 is 11.3 Å². The Balaban J connectivity index is 2.26. The number of nitrogens with zero attached hydrogens (tertiary/aromatic N) is 2. The van der Waals surface area contributed by atoms with Crippen molar-refractivity contribution in [3.63, 3.8) is 0 Å². The number of thiophene rings is 1. The van der Waals surface area contributed by atoms with Crippen LogP contribution in [0.15, 0.2) is 39.8 Å². The molecule has 0 fully saturated rings. The summed E-state index contributed by atoms with van der Waals surface area (Å²) in [6.07, 6.45) is 0. The van der Waals surface area contributed by atoms with Gasteiger partial charge in [-0.2, -0.15) is 0 Å². The molecule has 2 atom stereocenters. The molecule has 9 heteroatoms. The molecule has 0 saturated heterocycles. The van der Waals surface area contributed by atoms with Crippen LogP contribution in [0.3, 0.4) is 0 Å². The van der Waals surface area contributed by atoms with Crippen molar-refractivity contribution in [1.82, 2.24) is 0 Å². The van der Waals surface area contributed by atoms with Crippen LogP contribution in [-0.4, -0.2) is 32.8 Å². The van der Waals surface area contributed by atoms with Gasteiger partial charge in [0.1, 0.15) is 5.92 Å². The van der Waals surface area contributed by atoms with Crippen LogP contribution in [0.2, 0.25) is 0 Å². The van der Waals surface area contributed by atoms with Crippen molar-refractivity contribution in [2.24, 2.45) is 10.9 Å². The fourth-order valence-electron chi connectivity index (χ4n) is 3.36. The van der Waals surface area contributed by atoms with Crippen molar-refractivity contribution in [2.45, 2.75) is 19.8 Å². The van der Waals surface area contributed by atoms with Gasteiger partial charge in [-0.1, -0.05) is 0 Å². The number of non-ortho nitro benzene ring substituents is 1. The Morgan fingerprint density at radius 2 is 1.96 bits per heavy atom. The maximum Gasteiger partial charge on any atom is 0.334 e. The molecule has 26 heavy (non-hydrogen) atoms. The third-order valence-corrected chi connectivity index (χ3v) is 5.42. The van der Waals surface area contributed by atoms with E-state index in [4.69, 9.17) is 0 Å². The highest BCUT2D eigenvalue weighted by Crippen LogP contribution is 2.44. The largest absolute Gasteiger partial charge is 0.481 e. The van der Waals surface area contributed by atoms with Gasteiger partial charge < -0.3 is 10.2 Å². The van der Waals surface area contributed by atoms with Gasteiger partial charge in [0.2, 0.25) is 0 Å². The molecule has 0 bridgehead atoms. The number of rotatable bonds is 4. The van der Waals surface area contributed by atoms with Gasteiger partial charge >= 0.3 is 11.9 Å². The molecule has 2 aromatic rings. The molecule has 3 rings (SSSR count). The second-order valence-corrected chi connectivity index (χ2v) is 6.89. The predicted octanol–water partition coefficient (Wildman–Crippen LogP) is 3.43. The van der Waals surface area contributed by atoms with Crippen molar-refractivity contribution < 1.29 is 24.7 Å². The fourth-order valence-corrected chi connectivity index (χ4v) is 4.39. The summed E-state index contributed by atoms with van der Waals surface area (Å²) >= 11 is 1.22. The van der Waals surface area contributed by atoms with Crippen molar-refractivity contribution >= 4 is 44.8 Å². The first kappa shape index (κ1) is 17.7. The maximum absolute atomic E-state index is 11.8. The summed E-state index contributed by atoms with van der Waals surface area (Å²) in [4.78, 5) is 38.2. The van der Waals surface area contributed by atoms with Crippen molar-refractivity contribution in [1.29, 1.82) is 0 Å². The number of carbonyl (C=O) groups is 2. The second-order valence-electron chi connectivity index (χ2n) is 5.98. The van der Waals surface area contributed by atoms with Gasteiger partial charge in [-0.15, -0.1) is 11.3 Å². The molecular formula is C17H14N2O6S. The Morgan fingerprint density at radius 1 is 1.27 bits per heavy atom. The van der Waals surface area contributed by atoms with Crippen molar-refractivity contribution in [3.8, 4) is 0 Å². The van der Waals surface area contributed by atoms with Crippen LogP contribution in [0, 0.1) is 16.0 Å². The van der Waals surface area contributed by atoms with Crippen molar-refractivity contribution in [2.75, 3.05) is 0 Å². The number of nitro benzene ring substituents is 1. The number of aliphatic carboxylic acids is 2. The van der Waals surface area contributed by atoms with Gasteiger partial charge in [0.05, 0.1) is 10.5 Å². The van der Waals surface area contributed by atoms with Gasteiger partial charge in [0, 0.05) is 34.2 Å². The summed E-state index contributed by atoms with van der Waals surface area (Å²) in [6, 6.07) is 4.27. The van der Waals surface area contributed by atoms with Gasteiger partial charge in [-0.05, 0) is 36.2 Å². The lowest BCUT2D eigenvalue weighted by molar-refractivity contribution is -0.384. The summed E-state index contributed by atoms with van der Waals surface area (Å²) in [6.45, 7) is 3.10. The molecule has 2 N–H and O–H groups in total. The second kappa shape index (κ2) is 6.34. The quantitative estimate of drug-likeness (QED) is 0.623. The SMILES string of the molecule is CC1=NC(C)=C(C(=O)O)C(c2csc3cc([N+](=O)[O-])ccc23)C1C(=O)O. The highest BCUT2D eigenvalue weighted by atomic mass is 32.1. The first-order chi connectivity index (χ1) is 12.2. The number of allylic oxidation sites excluding steroid dienone is 1. The van der Waals surface area contributed by atoms with E-state index in [0.29, 0.717) is 21.4 Å². The third-order valence-electron chi connectivity index (χ3n) is 4.46. The standard InChI is InChI=1S/C17H14N2O6S/c1-7-13(16(20)21)15(14(17(22)23)8(2)18-7)11-6-26-12-5-9(19(24)25)3-4-10(11)12/h3-6,13,15H,1-2H3,(H,20,21)(H,22,23). The molecule has 8 nitrogen and oxygen atoms in total. The van der Waals surface area contributed by atoms with Crippen LogP contribution in [0.25, 0.3) is 10.1 Å². The monoisotopic (exact) mass is 374 g/mol. The number of carboxylic acids is 2. The summed E-state index contributed by atoms with van der Waals surface area (Å²) < 4.78 is 0.598. The number of carboxylic acid groups (broad SMARTS) is 2. The topological polar surface area (TPSA) is 130 Å². The summed E-state index contributed by atoms with van der Waals surface area (Å²) in [7, 11) is 0. The Bertz CT molecular complexity index is 1020. The average Bonchev–Trinajstić information content (AvgIpc) is 2.95. The first-order valence-electron chi connectivity index (χ1n) is 7.60. The number of fused-ring (bicyclic) bond motifs is 1. The Labute approximate surface area is 151 Å². The normalized spacial score (nSPS) is 20.2. The summed E-state index contributed by atoms with van der Waals surface area (Å²) in [5.74, 6) is -4.42. The minimum atomic E-state index is -1.23. The van der Waals surface area contributed by atoms with E-state index >= 15 is 0 Å². The van der Waals surface area contributed by atoms with E-state index in [2.05, 4.69) is 4.99 Å². The number of aliphatic imine (C=N–C) groups is 1. The number of hydrogen-bond donors (Lipinski definition) is 2. The highest BCUT2D eigenvalue weighted by molar-refractivity contribution is 7.17. The Morgan fingerprint density at radius 3 is 2.54 bits per heavy atom. The highest BCUT2D eigenvalue weighted by Gasteiger charge is 2.42. The molecule has 0 amide bonds. The van der Waals surface area contributed by atoms with Gasteiger partial charge in [0.25, 0.3) is 5.69 Å². The predicted molar refractivity (Wildman–Crippen MR) is 95.8 cm³/mol. The number of hydrogen-bond acceptors (Lipinski definition) is 6. The van der Waals surface area contributed by atoms with E-state index in [1.807, 2.05) is 0 Å². The van der Waals surface area contributed by atoms with Gasteiger partial charge in [-0.3, -0.25) is 19.9 Å². The van der Waals surface area contributed by atoms with E-state index in [9.17, 15) is 29.9 Å². The average molecular weight is 374 g/mol. The molecule has 134 valence electrons. The minimum absolute atomic E-state index is 0.0685. The lowest BCUT2D eigenvalue weighted by Gasteiger charge is -2.29. The maximum atomic E-state index is 11.8. The molecule has 2 heterocycles. The molecular weight excluding hydrogens is 360 g/mol. The zero-order valence-corrected chi connectivity index (χ0v) is 14.6. The van der Waals surface area contributed by atoms with Crippen LogP contribution in [0.5, 0.6) is 0 Å². The lowest BCUT2D eigenvalue weighted by atomic mass is 9.75. The minimum Gasteiger partial charge on any atom is -0.481 e. The third kappa shape index (κ3) is 2.76.